The molecule has 11 heteroatoms. The molecule has 2 amide bonds. The van der Waals surface area contributed by atoms with Crippen molar-refractivity contribution in [1.82, 2.24) is 30.4 Å². The highest BCUT2D eigenvalue weighted by atomic mass is 35.5. The van der Waals surface area contributed by atoms with Gasteiger partial charge in [-0.2, -0.15) is 0 Å². The molecule has 1 aliphatic heterocycles. The molecule has 0 spiro atoms. The number of tetrazole rings is 1. The van der Waals surface area contributed by atoms with E-state index in [1.807, 2.05) is 6.92 Å². The molecule has 166 valence electrons. The van der Waals surface area contributed by atoms with E-state index in [0.717, 1.165) is 6.42 Å². The number of halogens is 2. The van der Waals surface area contributed by atoms with E-state index in [1.165, 1.54) is 11.6 Å². The average Bonchev–Trinajstić information content (AvgIpc) is 3.38. The summed E-state index contributed by atoms with van der Waals surface area (Å²) in [7, 11) is 0. The van der Waals surface area contributed by atoms with Gasteiger partial charge in [0.15, 0.2) is 11.6 Å². The van der Waals surface area contributed by atoms with Crippen LogP contribution in [0.4, 0.5) is 0 Å². The third-order valence-corrected chi connectivity index (χ3v) is 6.09. The van der Waals surface area contributed by atoms with E-state index in [4.69, 9.17) is 23.2 Å². The van der Waals surface area contributed by atoms with Crippen molar-refractivity contribution >= 4 is 40.8 Å². The summed E-state index contributed by atoms with van der Waals surface area (Å²) < 4.78 is 1.38. The Kier molecular flexibility index (Phi) is 7.61. The zero-order valence-electron chi connectivity index (χ0n) is 17.3. The molecule has 1 N–H and O–H groups in total. The van der Waals surface area contributed by atoms with Crippen LogP contribution in [0.1, 0.15) is 44.5 Å². The van der Waals surface area contributed by atoms with Crippen LogP contribution in [0.2, 0.25) is 10.0 Å². The smallest absolute Gasteiger partial charge is 0.243 e. The molecule has 1 aromatic carbocycles. The lowest BCUT2D eigenvalue weighted by atomic mass is 10.1. The second-order valence-corrected chi connectivity index (χ2v) is 8.25. The fraction of sp³-hybridized carbons (Fsp3) is 0.500. The van der Waals surface area contributed by atoms with Crippen molar-refractivity contribution in [3.8, 4) is 0 Å². The first-order valence-corrected chi connectivity index (χ1v) is 10.9. The van der Waals surface area contributed by atoms with Crippen LogP contribution >= 0.6 is 23.2 Å². The van der Waals surface area contributed by atoms with Crippen LogP contribution in [0, 0.1) is 0 Å². The van der Waals surface area contributed by atoms with Gasteiger partial charge in [-0.15, -0.1) is 5.10 Å². The number of nitrogens with one attached hydrogen (secondary N) is 1. The minimum atomic E-state index is -0.706. The van der Waals surface area contributed by atoms with Gasteiger partial charge >= 0.3 is 0 Å². The molecule has 0 aliphatic carbocycles. The van der Waals surface area contributed by atoms with Crippen molar-refractivity contribution in [2.24, 2.45) is 0 Å². The summed E-state index contributed by atoms with van der Waals surface area (Å²) in [6.45, 7) is 3.70. The fourth-order valence-corrected chi connectivity index (χ4v) is 4.22. The highest BCUT2D eigenvalue weighted by molar-refractivity contribution is 6.36. The van der Waals surface area contributed by atoms with E-state index in [1.54, 1.807) is 23.1 Å². The summed E-state index contributed by atoms with van der Waals surface area (Å²) in [6, 6.07) is 3.94. The van der Waals surface area contributed by atoms with Gasteiger partial charge in [-0.1, -0.05) is 36.2 Å². The molecular weight excluding hydrogens is 443 g/mol. The monoisotopic (exact) mass is 466 g/mol. The largest absolute Gasteiger partial charge is 0.344 e. The number of rotatable bonds is 8. The first-order valence-electron chi connectivity index (χ1n) is 10.1. The quantitative estimate of drug-likeness (QED) is 0.637. The van der Waals surface area contributed by atoms with Crippen molar-refractivity contribution in [1.29, 1.82) is 0 Å². The number of hydrogen-bond acceptors (Lipinski definition) is 6. The molecule has 0 radical (unpaired) electrons. The molecular formula is C20H24Cl2N6O3. The Morgan fingerprint density at radius 2 is 1.97 bits per heavy atom. The van der Waals surface area contributed by atoms with Gasteiger partial charge in [0, 0.05) is 29.9 Å². The van der Waals surface area contributed by atoms with E-state index in [-0.39, 0.29) is 30.6 Å². The van der Waals surface area contributed by atoms with Gasteiger partial charge in [0.1, 0.15) is 12.6 Å². The van der Waals surface area contributed by atoms with Crippen LogP contribution in [-0.2, 0) is 27.3 Å². The van der Waals surface area contributed by atoms with Gasteiger partial charge in [-0.25, -0.2) is 4.68 Å². The Hall–Kier alpha value is -2.52. The molecule has 31 heavy (non-hydrogen) atoms. The first-order chi connectivity index (χ1) is 14.8. The SMILES string of the molecule is CCC(NC(=O)C1CCCN1C(C)=O)C(=O)Cn1nnnc1Cc1c(Cl)cccc1Cl. The number of likely N-dealkylation sites (tertiary alicyclic amines) is 1. The lowest BCUT2D eigenvalue weighted by Crippen LogP contribution is -2.50. The van der Waals surface area contributed by atoms with Crippen LogP contribution in [-0.4, -0.2) is 61.3 Å². The predicted octanol–water partition coefficient (Wildman–Crippen LogP) is 2.05. The summed E-state index contributed by atoms with van der Waals surface area (Å²) in [5, 5.41) is 15.3. The van der Waals surface area contributed by atoms with Gasteiger partial charge in [0.05, 0.1) is 6.04 Å². The second kappa shape index (κ2) is 10.2. The van der Waals surface area contributed by atoms with Crippen molar-refractivity contribution < 1.29 is 14.4 Å². The number of Topliss-reactive ketones (excluding diaryl/α,β-unsaturated/α-hetero) is 1. The van der Waals surface area contributed by atoms with E-state index in [2.05, 4.69) is 20.8 Å². The summed E-state index contributed by atoms with van der Waals surface area (Å²) in [5.41, 5.74) is 0.667. The Morgan fingerprint density at radius 1 is 1.26 bits per heavy atom. The van der Waals surface area contributed by atoms with Crippen LogP contribution in [0.3, 0.4) is 0 Å². The number of carbonyl (C=O) groups is 3. The van der Waals surface area contributed by atoms with E-state index < -0.39 is 12.1 Å². The summed E-state index contributed by atoms with van der Waals surface area (Å²) in [6.07, 6.45) is 2.02. The number of aromatic nitrogens is 4. The van der Waals surface area contributed by atoms with E-state index >= 15 is 0 Å². The zero-order valence-corrected chi connectivity index (χ0v) is 18.9. The molecule has 1 fully saturated rings. The first kappa shape index (κ1) is 23.1. The van der Waals surface area contributed by atoms with E-state index in [0.29, 0.717) is 40.8 Å². The topological polar surface area (TPSA) is 110 Å². The van der Waals surface area contributed by atoms with Crippen molar-refractivity contribution in [2.75, 3.05) is 6.54 Å². The Labute approximate surface area is 190 Å². The number of amides is 2. The van der Waals surface area contributed by atoms with Gasteiger partial charge in [0.25, 0.3) is 0 Å². The van der Waals surface area contributed by atoms with Gasteiger partial charge in [-0.3, -0.25) is 14.4 Å². The minimum Gasteiger partial charge on any atom is -0.344 e. The molecule has 1 aromatic heterocycles. The fourth-order valence-electron chi connectivity index (χ4n) is 3.68. The molecule has 3 rings (SSSR count). The number of nitrogens with zero attached hydrogens (tertiary/aromatic N) is 5. The standard InChI is InChI=1S/C20H24Cl2N6O3/c1-3-16(23-20(31)17-8-5-9-27(17)12(2)29)18(30)11-28-19(24-25-26-28)10-13-14(21)6-4-7-15(13)22/h4,6-7,16-17H,3,5,8-11H2,1-2H3,(H,23,31). The lowest BCUT2D eigenvalue weighted by molar-refractivity contribution is -0.138. The van der Waals surface area contributed by atoms with Crippen LogP contribution in [0.25, 0.3) is 0 Å². The summed E-state index contributed by atoms with van der Waals surface area (Å²) >= 11 is 12.5. The van der Waals surface area contributed by atoms with Gasteiger partial charge in [0.2, 0.25) is 11.8 Å². The van der Waals surface area contributed by atoms with E-state index in [9.17, 15) is 14.4 Å². The normalized spacial score (nSPS) is 16.9. The molecule has 0 saturated carbocycles. The third-order valence-electron chi connectivity index (χ3n) is 5.38. The summed E-state index contributed by atoms with van der Waals surface area (Å²) in [4.78, 5) is 38.8. The molecule has 1 saturated heterocycles. The third kappa shape index (κ3) is 5.40. The highest BCUT2D eigenvalue weighted by Gasteiger charge is 2.34. The molecule has 2 heterocycles. The number of hydrogen-bond donors (Lipinski definition) is 1. The number of carbonyl (C=O) groups excluding carboxylic acids is 3. The summed E-state index contributed by atoms with van der Waals surface area (Å²) in [5.74, 6) is -0.258. The Balaban J connectivity index is 1.67. The number of benzene rings is 1. The van der Waals surface area contributed by atoms with Gasteiger partial charge in [-0.05, 0) is 47.4 Å². The van der Waals surface area contributed by atoms with Crippen LogP contribution in [0.5, 0.6) is 0 Å². The molecule has 2 atom stereocenters. The Bertz CT molecular complexity index is 959. The average molecular weight is 467 g/mol. The zero-order chi connectivity index (χ0) is 22.5. The molecule has 2 aromatic rings. The van der Waals surface area contributed by atoms with Crippen LogP contribution in [0.15, 0.2) is 18.2 Å². The maximum Gasteiger partial charge on any atom is 0.243 e. The number of ketones is 1. The maximum atomic E-state index is 12.9. The molecule has 1 aliphatic rings. The molecule has 0 bridgehead atoms. The second-order valence-electron chi connectivity index (χ2n) is 7.44. The molecule has 9 nitrogen and oxygen atoms in total. The molecule has 2 unspecified atom stereocenters. The van der Waals surface area contributed by atoms with Crippen molar-refractivity contribution in [2.45, 2.75) is 58.2 Å². The predicted molar refractivity (Wildman–Crippen MR) is 115 cm³/mol. The van der Waals surface area contributed by atoms with Crippen LogP contribution < -0.4 is 5.32 Å². The van der Waals surface area contributed by atoms with Gasteiger partial charge < -0.3 is 10.2 Å². The Morgan fingerprint density at radius 3 is 2.61 bits per heavy atom. The highest BCUT2D eigenvalue weighted by Crippen LogP contribution is 2.26. The lowest BCUT2D eigenvalue weighted by Gasteiger charge is -2.25. The maximum absolute atomic E-state index is 12.9. The minimum absolute atomic E-state index is 0.107. The van der Waals surface area contributed by atoms with Crippen molar-refractivity contribution in [3.63, 3.8) is 0 Å². The van der Waals surface area contributed by atoms with Crippen molar-refractivity contribution in [3.05, 3.63) is 39.6 Å².